The van der Waals surface area contributed by atoms with Gasteiger partial charge >= 0.3 is 0 Å². The van der Waals surface area contributed by atoms with Gasteiger partial charge in [-0.1, -0.05) is 48.5 Å². The third-order valence-corrected chi connectivity index (χ3v) is 5.29. The van der Waals surface area contributed by atoms with Gasteiger partial charge in [0, 0.05) is 18.3 Å². The van der Waals surface area contributed by atoms with Gasteiger partial charge in [0.15, 0.2) is 0 Å². The summed E-state index contributed by atoms with van der Waals surface area (Å²) in [5.41, 5.74) is 2.63. The lowest BCUT2D eigenvalue weighted by Crippen LogP contribution is -2.32. The number of rotatable bonds is 2. The zero-order chi connectivity index (χ0) is 14.2. The molecule has 0 spiro atoms. The lowest BCUT2D eigenvalue weighted by molar-refractivity contribution is 0.250. The van der Waals surface area contributed by atoms with Crippen molar-refractivity contribution in [1.82, 2.24) is 4.90 Å². The van der Waals surface area contributed by atoms with Crippen LogP contribution in [0, 0.1) is 0 Å². The summed E-state index contributed by atoms with van der Waals surface area (Å²) in [6, 6.07) is 22.1. The van der Waals surface area contributed by atoms with Crippen molar-refractivity contribution in [2.75, 3.05) is 11.4 Å². The molecule has 2 aliphatic rings. The SMILES string of the molecule is SC1C2CCCN2C(c2ccccc2)N1c1ccccc1. The molecule has 2 nitrogen and oxygen atoms in total. The van der Waals surface area contributed by atoms with Gasteiger partial charge in [-0.25, -0.2) is 0 Å². The minimum Gasteiger partial charge on any atom is -0.338 e. The summed E-state index contributed by atoms with van der Waals surface area (Å²) in [6.45, 7) is 1.17. The molecule has 2 saturated heterocycles. The van der Waals surface area contributed by atoms with Crippen molar-refractivity contribution in [2.24, 2.45) is 0 Å². The number of anilines is 1. The Balaban J connectivity index is 1.79. The number of hydrogen-bond acceptors (Lipinski definition) is 3. The largest absolute Gasteiger partial charge is 0.338 e. The second kappa shape index (κ2) is 5.39. The highest BCUT2D eigenvalue weighted by Gasteiger charge is 2.48. The number of fused-ring (bicyclic) bond motifs is 1. The highest BCUT2D eigenvalue weighted by Crippen LogP contribution is 2.46. The Hall–Kier alpha value is -1.45. The van der Waals surface area contributed by atoms with Gasteiger partial charge in [0.25, 0.3) is 0 Å². The molecular weight excluding hydrogens is 276 g/mol. The molecule has 3 atom stereocenters. The van der Waals surface area contributed by atoms with Gasteiger partial charge in [-0.2, -0.15) is 12.6 Å². The Kier molecular flexibility index (Phi) is 3.40. The average molecular weight is 296 g/mol. The van der Waals surface area contributed by atoms with Crippen molar-refractivity contribution in [3.05, 3.63) is 66.2 Å². The first-order chi connectivity index (χ1) is 10.4. The normalized spacial score (nSPS) is 28.8. The molecule has 108 valence electrons. The molecule has 2 heterocycles. The van der Waals surface area contributed by atoms with Crippen LogP contribution in [0.4, 0.5) is 5.69 Å². The van der Waals surface area contributed by atoms with Gasteiger partial charge in [0.2, 0.25) is 0 Å². The van der Waals surface area contributed by atoms with E-state index in [0.29, 0.717) is 12.2 Å². The maximum atomic E-state index is 4.97. The fourth-order valence-corrected chi connectivity index (χ4v) is 4.38. The Morgan fingerprint density at radius 2 is 1.57 bits per heavy atom. The number of nitrogens with zero attached hydrogens (tertiary/aromatic N) is 2. The highest BCUT2D eigenvalue weighted by molar-refractivity contribution is 7.81. The van der Waals surface area contributed by atoms with Crippen LogP contribution in [0.15, 0.2) is 60.7 Å². The topological polar surface area (TPSA) is 6.48 Å². The summed E-state index contributed by atoms with van der Waals surface area (Å²) < 4.78 is 0. The molecule has 0 amide bonds. The van der Waals surface area contributed by atoms with Gasteiger partial charge in [-0.05, 0) is 30.5 Å². The fraction of sp³-hybridized carbons (Fsp3) is 0.333. The fourth-order valence-electron chi connectivity index (χ4n) is 3.80. The predicted octanol–water partition coefficient (Wildman–Crippen LogP) is 3.93. The van der Waals surface area contributed by atoms with Gasteiger partial charge in [0.1, 0.15) is 6.17 Å². The van der Waals surface area contributed by atoms with E-state index in [-0.39, 0.29) is 5.37 Å². The molecule has 3 heteroatoms. The molecular formula is C18H20N2S. The summed E-state index contributed by atoms with van der Waals surface area (Å²) in [5.74, 6) is 0. The minimum atomic E-state index is 0.264. The van der Waals surface area contributed by atoms with Crippen LogP contribution in [0.3, 0.4) is 0 Å². The Morgan fingerprint density at radius 1 is 0.905 bits per heavy atom. The lowest BCUT2D eigenvalue weighted by Gasteiger charge is -2.33. The number of para-hydroxylation sites is 1. The van der Waals surface area contributed by atoms with Crippen molar-refractivity contribution < 1.29 is 0 Å². The maximum Gasteiger partial charge on any atom is 0.110 e. The molecule has 2 fully saturated rings. The first kappa shape index (κ1) is 13.2. The van der Waals surface area contributed by atoms with E-state index in [1.54, 1.807) is 0 Å². The first-order valence-electron chi connectivity index (χ1n) is 7.68. The molecule has 2 aromatic carbocycles. The molecule has 0 radical (unpaired) electrons. The van der Waals surface area contributed by atoms with Gasteiger partial charge in [0.05, 0.1) is 5.37 Å². The van der Waals surface area contributed by atoms with E-state index >= 15 is 0 Å². The molecule has 3 unspecified atom stereocenters. The van der Waals surface area contributed by atoms with E-state index < -0.39 is 0 Å². The summed E-state index contributed by atoms with van der Waals surface area (Å²) in [4.78, 5) is 5.10. The lowest BCUT2D eigenvalue weighted by atomic mass is 10.1. The van der Waals surface area contributed by atoms with Crippen molar-refractivity contribution in [3.8, 4) is 0 Å². The monoisotopic (exact) mass is 296 g/mol. The van der Waals surface area contributed by atoms with Gasteiger partial charge in [-0.15, -0.1) is 0 Å². The zero-order valence-corrected chi connectivity index (χ0v) is 12.9. The Bertz CT molecular complexity index is 601. The third-order valence-electron chi connectivity index (χ3n) is 4.70. The average Bonchev–Trinajstić information content (AvgIpc) is 3.11. The molecule has 21 heavy (non-hydrogen) atoms. The summed E-state index contributed by atoms with van der Waals surface area (Å²) in [7, 11) is 0. The molecule has 0 N–H and O–H groups in total. The maximum absolute atomic E-state index is 4.97. The highest BCUT2D eigenvalue weighted by atomic mass is 32.1. The van der Waals surface area contributed by atoms with E-state index in [2.05, 4.69) is 70.5 Å². The Labute approximate surface area is 131 Å². The van der Waals surface area contributed by atoms with Gasteiger partial charge < -0.3 is 4.90 Å². The van der Waals surface area contributed by atoms with Crippen LogP contribution in [0.25, 0.3) is 0 Å². The molecule has 2 aliphatic heterocycles. The van der Waals surface area contributed by atoms with Crippen molar-refractivity contribution in [1.29, 1.82) is 0 Å². The Morgan fingerprint density at radius 3 is 2.29 bits per heavy atom. The second-order valence-electron chi connectivity index (χ2n) is 5.89. The van der Waals surface area contributed by atoms with Crippen LogP contribution in [0.1, 0.15) is 24.6 Å². The number of hydrogen-bond donors (Lipinski definition) is 1. The standard InChI is InChI=1S/C18H20N2S/c21-18-16-12-7-13-19(16)17(14-8-3-1-4-9-14)20(18)15-10-5-2-6-11-15/h1-6,8-11,16-18,21H,7,12-13H2. The summed E-state index contributed by atoms with van der Waals surface area (Å²) in [5, 5.41) is 0.264. The molecule has 2 aromatic rings. The van der Waals surface area contributed by atoms with Crippen LogP contribution >= 0.6 is 12.6 Å². The van der Waals surface area contributed by atoms with Crippen molar-refractivity contribution in [3.63, 3.8) is 0 Å². The zero-order valence-electron chi connectivity index (χ0n) is 12.0. The third kappa shape index (κ3) is 2.16. The number of thiol groups is 1. The molecule has 4 rings (SSSR count). The van der Waals surface area contributed by atoms with Crippen LogP contribution in [0.2, 0.25) is 0 Å². The van der Waals surface area contributed by atoms with Crippen molar-refractivity contribution >= 4 is 18.3 Å². The second-order valence-corrected chi connectivity index (χ2v) is 6.42. The quantitative estimate of drug-likeness (QED) is 0.839. The van der Waals surface area contributed by atoms with E-state index in [4.69, 9.17) is 12.6 Å². The minimum absolute atomic E-state index is 0.264. The first-order valence-corrected chi connectivity index (χ1v) is 8.20. The van der Waals surface area contributed by atoms with E-state index in [9.17, 15) is 0 Å². The van der Waals surface area contributed by atoms with Crippen molar-refractivity contribution in [2.45, 2.75) is 30.4 Å². The van der Waals surface area contributed by atoms with Crippen LogP contribution in [-0.2, 0) is 0 Å². The molecule has 0 bridgehead atoms. The smallest absolute Gasteiger partial charge is 0.110 e. The summed E-state index contributed by atoms with van der Waals surface area (Å²) >= 11 is 4.97. The molecule has 0 aliphatic carbocycles. The molecule has 0 aromatic heterocycles. The van der Waals surface area contributed by atoms with Crippen LogP contribution < -0.4 is 4.90 Å². The van der Waals surface area contributed by atoms with E-state index in [0.717, 1.165) is 0 Å². The predicted molar refractivity (Wildman–Crippen MR) is 90.6 cm³/mol. The number of benzene rings is 2. The van der Waals surface area contributed by atoms with Gasteiger partial charge in [-0.3, -0.25) is 4.90 Å². The van der Waals surface area contributed by atoms with Crippen LogP contribution in [-0.4, -0.2) is 22.9 Å². The van der Waals surface area contributed by atoms with E-state index in [1.807, 2.05) is 0 Å². The van der Waals surface area contributed by atoms with E-state index in [1.165, 1.54) is 30.6 Å². The molecule has 0 saturated carbocycles. The summed E-state index contributed by atoms with van der Waals surface area (Å²) in [6.07, 6.45) is 2.85. The van der Waals surface area contributed by atoms with Crippen LogP contribution in [0.5, 0.6) is 0 Å².